The SMILES string of the molecule is CCCCc1cnn2cc(OC)ccc12. The Morgan fingerprint density at radius 1 is 1.40 bits per heavy atom. The average Bonchev–Trinajstić information content (AvgIpc) is 2.68. The second-order valence-corrected chi connectivity index (χ2v) is 3.67. The van der Waals surface area contributed by atoms with Gasteiger partial charge in [0.1, 0.15) is 5.75 Å². The molecule has 3 nitrogen and oxygen atoms in total. The predicted molar refractivity (Wildman–Crippen MR) is 60.4 cm³/mol. The van der Waals surface area contributed by atoms with Crippen LogP contribution in [0.1, 0.15) is 25.3 Å². The second-order valence-electron chi connectivity index (χ2n) is 3.67. The van der Waals surface area contributed by atoms with Crippen LogP contribution in [-0.2, 0) is 6.42 Å². The fraction of sp³-hybridized carbons (Fsp3) is 0.417. The van der Waals surface area contributed by atoms with Crippen LogP contribution in [0.3, 0.4) is 0 Å². The Hall–Kier alpha value is -1.51. The highest BCUT2D eigenvalue weighted by atomic mass is 16.5. The lowest BCUT2D eigenvalue weighted by atomic mass is 10.1. The van der Waals surface area contributed by atoms with Crippen molar-refractivity contribution in [3.63, 3.8) is 0 Å². The van der Waals surface area contributed by atoms with Crippen molar-refractivity contribution < 1.29 is 4.74 Å². The zero-order valence-electron chi connectivity index (χ0n) is 9.23. The van der Waals surface area contributed by atoms with Crippen LogP contribution < -0.4 is 4.74 Å². The Bertz CT molecular complexity index is 448. The van der Waals surface area contributed by atoms with Gasteiger partial charge in [0.2, 0.25) is 0 Å². The molecule has 0 fully saturated rings. The molecule has 0 unspecified atom stereocenters. The molecule has 2 aromatic rings. The Morgan fingerprint density at radius 3 is 3.00 bits per heavy atom. The number of rotatable bonds is 4. The van der Waals surface area contributed by atoms with Gasteiger partial charge in [-0.3, -0.25) is 0 Å². The first-order chi connectivity index (χ1) is 7.35. The highest BCUT2D eigenvalue weighted by molar-refractivity contribution is 5.54. The maximum atomic E-state index is 5.15. The highest BCUT2D eigenvalue weighted by Gasteiger charge is 2.03. The average molecular weight is 204 g/mol. The van der Waals surface area contributed by atoms with E-state index in [1.54, 1.807) is 7.11 Å². The lowest BCUT2D eigenvalue weighted by Gasteiger charge is -2.01. The van der Waals surface area contributed by atoms with Crippen molar-refractivity contribution in [1.82, 2.24) is 9.61 Å². The summed E-state index contributed by atoms with van der Waals surface area (Å²) in [5.41, 5.74) is 2.50. The van der Waals surface area contributed by atoms with Crippen molar-refractivity contribution >= 4 is 5.52 Å². The van der Waals surface area contributed by atoms with Crippen LogP contribution >= 0.6 is 0 Å². The van der Waals surface area contributed by atoms with E-state index in [-0.39, 0.29) is 0 Å². The molecular weight excluding hydrogens is 188 g/mol. The molecule has 80 valence electrons. The largest absolute Gasteiger partial charge is 0.495 e. The second kappa shape index (κ2) is 4.34. The van der Waals surface area contributed by atoms with E-state index in [0.29, 0.717) is 0 Å². The molecule has 0 radical (unpaired) electrons. The van der Waals surface area contributed by atoms with Crippen LogP contribution in [0, 0.1) is 0 Å². The summed E-state index contributed by atoms with van der Waals surface area (Å²) in [5, 5.41) is 4.32. The van der Waals surface area contributed by atoms with E-state index in [4.69, 9.17) is 4.74 Å². The molecule has 2 aromatic heterocycles. The Balaban J connectivity index is 2.34. The molecule has 2 heterocycles. The molecule has 0 aliphatic heterocycles. The van der Waals surface area contributed by atoms with Gasteiger partial charge in [0.15, 0.2) is 0 Å². The quantitative estimate of drug-likeness (QED) is 0.765. The van der Waals surface area contributed by atoms with Crippen LogP contribution in [0.2, 0.25) is 0 Å². The van der Waals surface area contributed by atoms with Crippen LogP contribution in [-0.4, -0.2) is 16.7 Å². The standard InChI is InChI=1S/C12H16N2O/c1-3-4-5-10-8-13-14-9-11(15-2)6-7-12(10)14/h6-9H,3-5H2,1-2H3. The summed E-state index contributed by atoms with van der Waals surface area (Å²) >= 11 is 0. The van der Waals surface area contributed by atoms with Crippen molar-refractivity contribution in [1.29, 1.82) is 0 Å². The number of hydrogen-bond acceptors (Lipinski definition) is 2. The smallest absolute Gasteiger partial charge is 0.137 e. The van der Waals surface area contributed by atoms with Gasteiger partial charge in [-0.2, -0.15) is 5.10 Å². The van der Waals surface area contributed by atoms with E-state index in [9.17, 15) is 0 Å². The van der Waals surface area contributed by atoms with Crippen molar-refractivity contribution in [2.45, 2.75) is 26.2 Å². The van der Waals surface area contributed by atoms with Crippen molar-refractivity contribution in [3.05, 3.63) is 30.1 Å². The summed E-state index contributed by atoms with van der Waals surface area (Å²) in [6, 6.07) is 4.04. The lowest BCUT2D eigenvalue weighted by molar-refractivity contribution is 0.411. The highest BCUT2D eigenvalue weighted by Crippen LogP contribution is 2.17. The van der Waals surface area contributed by atoms with Crippen LogP contribution in [0.5, 0.6) is 5.75 Å². The fourth-order valence-corrected chi connectivity index (χ4v) is 1.70. The molecule has 0 aromatic carbocycles. The maximum absolute atomic E-state index is 5.15. The molecule has 3 heteroatoms. The number of nitrogens with zero attached hydrogens (tertiary/aromatic N) is 2. The van der Waals surface area contributed by atoms with Gasteiger partial charge in [-0.05, 0) is 30.5 Å². The van der Waals surface area contributed by atoms with Crippen LogP contribution in [0.25, 0.3) is 5.52 Å². The third kappa shape index (κ3) is 1.96. The predicted octanol–water partition coefficient (Wildman–Crippen LogP) is 2.69. The van der Waals surface area contributed by atoms with Gasteiger partial charge < -0.3 is 4.74 Å². The molecule has 0 bridgehead atoms. The van der Waals surface area contributed by atoms with Crippen molar-refractivity contribution in [2.24, 2.45) is 0 Å². The summed E-state index contributed by atoms with van der Waals surface area (Å²) in [6.07, 6.45) is 7.39. The third-order valence-corrected chi connectivity index (χ3v) is 2.60. The van der Waals surface area contributed by atoms with E-state index in [0.717, 1.165) is 12.2 Å². The normalized spacial score (nSPS) is 10.8. The number of unbranched alkanes of at least 4 members (excludes halogenated alkanes) is 1. The van der Waals surface area contributed by atoms with Gasteiger partial charge in [-0.15, -0.1) is 0 Å². The number of fused-ring (bicyclic) bond motifs is 1. The van der Waals surface area contributed by atoms with E-state index in [1.807, 2.05) is 23.0 Å². The summed E-state index contributed by atoms with van der Waals surface area (Å²) in [4.78, 5) is 0. The number of aryl methyl sites for hydroxylation is 1. The first-order valence-corrected chi connectivity index (χ1v) is 5.35. The molecule has 0 saturated heterocycles. The molecule has 0 N–H and O–H groups in total. The third-order valence-electron chi connectivity index (χ3n) is 2.60. The van der Waals surface area contributed by atoms with Gasteiger partial charge in [0, 0.05) is 0 Å². The summed E-state index contributed by atoms with van der Waals surface area (Å²) in [7, 11) is 1.67. The number of ether oxygens (including phenoxy) is 1. The molecule has 15 heavy (non-hydrogen) atoms. The Morgan fingerprint density at radius 2 is 2.27 bits per heavy atom. The van der Waals surface area contributed by atoms with Crippen molar-refractivity contribution in [2.75, 3.05) is 7.11 Å². The molecule has 2 rings (SSSR count). The molecule has 0 saturated carbocycles. The fourth-order valence-electron chi connectivity index (χ4n) is 1.70. The summed E-state index contributed by atoms with van der Waals surface area (Å²) in [6.45, 7) is 2.20. The summed E-state index contributed by atoms with van der Waals surface area (Å²) in [5.74, 6) is 0.840. The number of pyridine rings is 1. The Labute approximate surface area is 89.7 Å². The Kier molecular flexibility index (Phi) is 2.90. The number of methoxy groups -OCH3 is 1. The minimum atomic E-state index is 0.840. The zero-order chi connectivity index (χ0) is 10.7. The zero-order valence-corrected chi connectivity index (χ0v) is 9.23. The van der Waals surface area contributed by atoms with E-state index >= 15 is 0 Å². The van der Waals surface area contributed by atoms with Crippen molar-refractivity contribution in [3.8, 4) is 5.75 Å². The number of aromatic nitrogens is 2. The van der Waals surface area contributed by atoms with Gasteiger partial charge in [0.05, 0.1) is 25.0 Å². The van der Waals surface area contributed by atoms with E-state index in [2.05, 4.69) is 18.1 Å². The molecule has 0 aliphatic rings. The topological polar surface area (TPSA) is 26.5 Å². The number of hydrogen-bond donors (Lipinski definition) is 0. The first-order valence-electron chi connectivity index (χ1n) is 5.35. The molecule has 0 atom stereocenters. The van der Waals surface area contributed by atoms with Gasteiger partial charge >= 0.3 is 0 Å². The molecule has 0 spiro atoms. The van der Waals surface area contributed by atoms with E-state index < -0.39 is 0 Å². The molecule has 0 amide bonds. The monoisotopic (exact) mass is 204 g/mol. The molecular formula is C12H16N2O. The van der Waals surface area contributed by atoms with Crippen LogP contribution in [0.4, 0.5) is 0 Å². The minimum absolute atomic E-state index is 0.840. The van der Waals surface area contributed by atoms with Gasteiger partial charge in [-0.1, -0.05) is 13.3 Å². The van der Waals surface area contributed by atoms with E-state index in [1.165, 1.54) is 23.9 Å². The van der Waals surface area contributed by atoms with Gasteiger partial charge in [0.25, 0.3) is 0 Å². The maximum Gasteiger partial charge on any atom is 0.137 e. The first kappa shape index (κ1) is 10.0. The summed E-state index contributed by atoms with van der Waals surface area (Å²) < 4.78 is 7.03. The molecule has 0 aliphatic carbocycles. The lowest BCUT2D eigenvalue weighted by Crippen LogP contribution is -1.90. The van der Waals surface area contributed by atoms with Crippen LogP contribution in [0.15, 0.2) is 24.5 Å². The van der Waals surface area contributed by atoms with Gasteiger partial charge in [-0.25, -0.2) is 4.52 Å². The minimum Gasteiger partial charge on any atom is -0.495 e.